The maximum Gasteiger partial charge on any atom is 0.253 e. The van der Waals surface area contributed by atoms with Gasteiger partial charge in [0, 0.05) is 36.6 Å². The molecule has 2 heterocycles. The van der Waals surface area contributed by atoms with Crippen LogP contribution in [0.15, 0.2) is 30.5 Å². The number of likely N-dealkylation sites (tertiary alicyclic amines) is 1. The lowest BCUT2D eigenvalue weighted by Crippen LogP contribution is -2.42. The lowest BCUT2D eigenvalue weighted by molar-refractivity contribution is 0.0718. The summed E-state index contributed by atoms with van der Waals surface area (Å²) in [6.45, 7) is 3.32. The molecule has 7 heteroatoms. The third-order valence-electron chi connectivity index (χ3n) is 4.54. The van der Waals surface area contributed by atoms with Gasteiger partial charge < -0.3 is 19.7 Å². The monoisotopic (exact) mass is 356 g/mol. The summed E-state index contributed by atoms with van der Waals surface area (Å²) in [4.78, 5) is 23.3. The molecule has 1 aromatic heterocycles. The number of benzene rings is 1. The Morgan fingerprint density at radius 1 is 1.15 bits per heavy atom. The molecule has 0 saturated carbocycles. The zero-order valence-electron chi connectivity index (χ0n) is 15.4. The molecule has 2 aromatic rings. The Morgan fingerprint density at radius 3 is 2.54 bits per heavy atom. The quantitative estimate of drug-likeness (QED) is 0.887. The third-order valence-corrected chi connectivity index (χ3v) is 4.54. The van der Waals surface area contributed by atoms with Crippen LogP contribution in [0.1, 0.15) is 28.9 Å². The minimum atomic E-state index is 0.0104. The number of rotatable bonds is 5. The second kappa shape index (κ2) is 8.03. The van der Waals surface area contributed by atoms with Crippen LogP contribution >= 0.6 is 0 Å². The van der Waals surface area contributed by atoms with Crippen molar-refractivity contribution >= 4 is 11.9 Å². The minimum absolute atomic E-state index is 0.0104. The van der Waals surface area contributed by atoms with Crippen molar-refractivity contribution in [3.05, 3.63) is 41.7 Å². The van der Waals surface area contributed by atoms with E-state index < -0.39 is 0 Å². The number of ether oxygens (including phenoxy) is 2. The predicted molar refractivity (Wildman–Crippen MR) is 98.9 cm³/mol. The molecule has 0 radical (unpaired) electrons. The van der Waals surface area contributed by atoms with Crippen LogP contribution in [0.3, 0.4) is 0 Å². The number of carbonyl (C=O) groups is 1. The molecule has 1 amide bonds. The van der Waals surface area contributed by atoms with E-state index in [2.05, 4.69) is 15.3 Å². The number of nitrogens with zero attached hydrogens (tertiary/aromatic N) is 3. The fraction of sp³-hybridized carbons (Fsp3) is 0.421. The molecule has 1 fully saturated rings. The van der Waals surface area contributed by atoms with Crippen molar-refractivity contribution in [3.8, 4) is 11.5 Å². The zero-order valence-corrected chi connectivity index (χ0v) is 15.4. The lowest BCUT2D eigenvalue weighted by Gasteiger charge is -2.32. The van der Waals surface area contributed by atoms with Crippen LogP contribution < -0.4 is 14.8 Å². The highest BCUT2D eigenvalue weighted by molar-refractivity contribution is 5.95. The first-order chi connectivity index (χ1) is 12.6. The number of carbonyl (C=O) groups excluding carboxylic acids is 1. The van der Waals surface area contributed by atoms with Crippen molar-refractivity contribution in [2.24, 2.45) is 0 Å². The number of hydrogen-bond acceptors (Lipinski definition) is 6. The molecular formula is C19H24N4O3. The summed E-state index contributed by atoms with van der Waals surface area (Å²) in [6, 6.07) is 7.40. The highest BCUT2D eigenvalue weighted by Gasteiger charge is 2.24. The fourth-order valence-electron chi connectivity index (χ4n) is 3.08. The van der Waals surface area contributed by atoms with Gasteiger partial charge in [-0.3, -0.25) is 4.79 Å². The van der Waals surface area contributed by atoms with Gasteiger partial charge in [-0.25, -0.2) is 9.97 Å². The van der Waals surface area contributed by atoms with Gasteiger partial charge in [0.2, 0.25) is 5.95 Å². The molecule has 3 rings (SSSR count). The third kappa shape index (κ3) is 4.04. The number of methoxy groups -OCH3 is 2. The molecular weight excluding hydrogens is 332 g/mol. The van der Waals surface area contributed by atoms with Crippen molar-refractivity contribution in [1.29, 1.82) is 0 Å². The van der Waals surface area contributed by atoms with Crippen LogP contribution in [0.2, 0.25) is 0 Å². The van der Waals surface area contributed by atoms with Crippen molar-refractivity contribution in [2.45, 2.75) is 25.8 Å². The van der Waals surface area contributed by atoms with Crippen LogP contribution in [-0.2, 0) is 0 Å². The number of aryl methyl sites for hydroxylation is 1. The Morgan fingerprint density at radius 2 is 1.88 bits per heavy atom. The van der Waals surface area contributed by atoms with Gasteiger partial charge in [-0.2, -0.15) is 0 Å². The Hall–Kier alpha value is -2.83. The van der Waals surface area contributed by atoms with E-state index in [0.29, 0.717) is 36.1 Å². The van der Waals surface area contributed by atoms with Crippen molar-refractivity contribution in [2.75, 3.05) is 32.6 Å². The Kier molecular flexibility index (Phi) is 5.55. The first kappa shape index (κ1) is 18.0. The average molecular weight is 356 g/mol. The molecule has 1 N–H and O–H groups in total. The Labute approximate surface area is 153 Å². The molecule has 1 aromatic carbocycles. The molecule has 1 aliphatic rings. The summed E-state index contributed by atoms with van der Waals surface area (Å²) in [6.07, 6.45) is 3.47. The van der Waals surface area contributed by atoms with Gasteiger partial charge >= 0.3 is 0 Å². The van der Waals surface area contributed by atoms with E-state index in [4.69, 9.17) is 9.47 Å². The summed E-state index contributed by atoms with van der Waals surface area (Å²) >= 11 is 0. The van der Waals surface area contributed by atoms with Crippen molar-refractivity contribution in [1.82, 2.24) is 14.9 Å². The molecule has 0 spiro atoms. The molecule has 1 aliphatic heterocycles. The van der Waals surface area contributed by atoms with Crippen LogP contribution in [0.25, 0.3) is 0 Å². The number of anilines is 1. The first-order valence-electron chi connectivity index (χ1n) is 8.68. The molecule has 7 nitrogen and oxygen atoms in total. The van der Waals surface area contributed by atoms with E-state index in [1.807, 2.05) is 17.9 Å². The average Bonchev–Trinajstić information content (AvgIpc) is 2.67. The molecule has 0 bridgehead atoms. The summed E-state index contributed by atoms with van der Waals surface area (Å²) < 4.78 is 10.5. The molecule has 138 valence electrons. The highest BCUT2D eigenvalue weighted by Crippen LogP contribution is 2.28. The summed E-state index contributed by atoms with van der Waals surface area (Å²) in [5.74, 6) is 1.84. The zero-order chi connectivity index (χ0) is 18.5. The van der Waals surface area contributed by atoms with E-state index in [-0.39, 0.29) is 11.9 Å². The van der Waals surface area contributed by atoms with Gasteiger partial charge in [-0.1, -0.05) is 0 Å². The minimum Gasteiger partial charge on any atom is -0.493 e. The van der Waals surface area contributed by atoms with Crippen LogP contribution in [0.5, 0.6) is 11.5 Å². The summed E-state index contributed by atoms with van der Waals surface area (Å²) in [5.41, 5.74) is 1.54. The number of amides is 1. The van der Waals surface area contributed by atoms with Crippen LogP contribution in [0.4, 0.5) is 5.95 Å². The summed E-state index contributed by atoms with van der Waals surface area (Å²) in [5, 5.41) is 3.36. The largest absolute Gasteiger partial charge is 0.493 e. The molecule has 0 atom stereocenters. The maximum absolute atomic E-state index is 12.8. The smallest absolute Gasteiger partial charge is 0.253 e. The SMILES string of the molecule is COc1ccc(C(=O)N2CCC(Nc3nccc(C)n3)CC2)cc1OC. The summed E-state index contributed by atoms with van der Waals surface area (Å²) in [7, 11) is 3.14. The van der Waals surface area contributed by atoms with E-state index >= 15 is 0 Å². The molecule has 1 saturated heterocycles. The van der Waals surface area contributed by atoms with E-state index in [1.54, 1.807) is 38.6 Å². The van der Waals surface area contributed by atoms with Gasteiger partial charge in [0.1, 0.15) is 0 Å². The van der Waals surface area contributed by atoms with E-state index in [1.165, 1.54) is 0 Å². The number of aromatic nitrogens is 2. The molecule has 0 unspecified atom stereocenters. The first-order valence-corrected chi connectivity index (χ1v) is 8.68. The maximum atomic E-state index is 12.8. The second-order valence-corrected chi connectivity index (χ2v) is 6.30. The number of nitrogens with one attached hydrogen (secondary N) is 1. The highest BCUT2D eigenvalue weighted by atomic mass is 16.5. The van der Waals surface area contributed by atoms with Crippen molar-refractivity contribution in [3.63, 3.8) is 0 Å². The fourth-order valence-corrected chi connectivity index (χ4v) is 3.08. The Balaban J connectivity index is 1.60. The topological polar surface area (TPSA) is 76.6 Å². The molecule has 0 aliphatic carbocycles. The van der Waals surface area contributed by atoms with Crippen molar-refractivity contribution < 1.29 is 14.3 Å². The van der Waals surface area contributed by atoms with E-state index in [9.17, 15) is 4.79 Å². The van der Waals surface area contributed by atoms with E-state index in [0.717, 1.165) is 18.5 Å². The van der Waals surface area contributed by atoms with Gasteiger partial charge in [0.25, 0.3) is 5.91 Å². The number of piperidine rings is 1. The normalized spacial score (nSPS) is 14.8. The van der Waals surface area contributed by atoms with Crippen LogP contribution in [0, 0.1) is 6.92 Å². The van der Waals surface area contributed by atoms with Gasteiger partial charge in [-0.15, -0.1) is 0 Å². The van der Waals surface area contributed by atoms with Gasteiger partial charge in [0.15, 0.2) is 11.5 Å². The second-order valence-electron chi connectivity index (χ2n) is 6.30. The standard InChI is InChI=1S/C19H24N4O3/c1-13-6-9-20-19(21-13)22-15-7-10-23(11-8-15)18(24)14-4-5-16(25-2)17(12-14)26-3/h4-6,9,12,15H,7-8,10-11H2,1-3H3,(H,20,21,22). The predicted octanol–water partition coefficient (Wildman–Crippen LogP) is 2.52. The Bertz CT molecular complexity index is 773. The number of hydrogen-bond donors (Lipinski definition) is 1. The van der Waals surface area contributed by atoms with Crippen LogP contribution in [-0.4, -0.2) is 54.1 Å². The van der Waals surface area contributed by atoms with Gasteiger partial charge in [0.05, 0.1) is 14.2 Å². The molecule has 26 heavy (non-hydrogen) atoms. The van der Waals surface area contributed by atoms with Gasteiger partial charge in [-0.05, 0) is 44.0 Å². The lowest BCUT2D eigenvalue weighted by atomic mass is 10.0.